The number of rotatable bonds is 3. The summed E-state index contributed by atoms with van der Waals surface area (Å²) < 4.78 is 1.76. The monoisotopic (exact) mass is 207 g/mol. The van der Waals surface area contributed by atoms with Crippen LogP contribution in [0.15, 0.2) is 12.4 Å². The van der Waals surface area contributed by atoms with Crippen LogP contribution in [0.25, 0.3) is 0 Å². The molecule has 0 saturated carbocycles. The number of hydrogen-bond donors (Lipinski definition) is 2. The van der Waals surface area contributed by atoms with Crippen molar-refractivity contribution in [1.82, 2.24) is 25.0 Å². The molecule has 2 N–H and O–H groups in total. The predicted octanol–water partition coefficient (Wildman–Crippen LogP) is 0.123. The molecule has 0 saturated heterocycles. The van der Waals surface area contributed by atoms with Crippen molar-refractivity contribution in [2.24, 2.45) is 7.05 Å². The summed E-state index contributed by atoms with van der Waals surface area (Å²) in [6.45, 7) is 1.92. The molecular weight excluding hydrogens is 194 g/mol. The summed E-state index contributed by atoms with van der Waals surface area (Å²) in [7, 11) is 1.86. The van der Waals surface area contributed by atoms with Crippen LogP contribution in [0, 0.1) is 6.92 Å². The van der Waals surface area contributed by atoms with Crippen molar-refractivity contribution in [3.63, 3.8) is 0 Å². The Hall–Kier alpha value is -1.69. The highest BCUT2D eigenvalue weighted by molar-refractivity contribution is 5.10. The van der Waals surface area contributed by atoms with Crippen molar-refractivity contribution in [2.75, 3.05) is 0 Å². The van der Waals surface area contributed by atoms with E-state index in [9.17, 15) is 5.11 Å². The molecule has 0 aliphatic carbocycles. The molecule has 80 valence electrons. The van der Waals surface area contributed by atoms with E-state index < -0.39 is 6.10 Å². The van der Waals surface area contributed by atoms with Crippen LogP contribution in [0.2, 0.25) is 0 Å². The van der Waals surface area contributed by atoms with Gasteiger partial charge in [-0.3, -0.25) is 9.78 Å². The average Bonchev–Trinajstić information content (AvgIpc) is 2.76. The van der Waals surface area contributed by atoms with Gasteiger partial charge in [0.2, 0.25) is 0 Å². The molecule has 2 heterocycles. The van der Waals surface area contributed by atoms with E-state index in [1.807, 2.05) is 20.0 Å². The molecule has 0 aromatic carbocycles. The van der Waals surface area contributed by atoms with Crippen molar-refractivity contribution < 1.29 is 5.11 Å². The van der Waals surface area contributed by atoms with Crippen molar-refractivity contribution in [1.29, 1.82) is 0 Å². The Morgan fingerprint density at radius 1 is 1.60 bits per heavy atom. The van der Waals surface area contributed by atoms with Gasteiger partial charge in [0, 0.05) is 19.2 Å². The lowest BCUT2D eigenvalue weighted by Crippen LogP contribution is -2.07. The van der Waals surface area contributed by atoms with E-state index in [1.54, 1.807) is 4.68 Å². The lowest BCUT2D eigenvalue weighted by Gasteiger charge is -2.06. The van der Waals surface area contributed by atoms with Crippen molar-refractivity contribution in [2.45, 2.75) is 19.4 Å². The van der Waals surface area contributed by atoms with E-state index >= 15 is 0 Å². The van der Waals surface area contributed by atoms with Crippen molar-refractivity contribution in [3.05, 3.63) is 29.6 Å². The Morgan fingerprint density at radius 3 is 2.93 bits per heavy atom. The number of hydrogen-bond acceptors (Lipinski definition) is 4. The highest BCUT2D eigenvalue weighted by Gasteiger charge is 2.13. The Bertz CT molecular complexity index is 433. The van der Waals surface area contributed by atoms with Gasteiger partial charge in [-0.1, -0.05) is 0 Å². The molecule has 0 fully saturated rings. The third kappa shape index (κ3) is 2.04. The van der Waals surface area contributed by atoms with E-state index in [-0.39, 0.29) is 0 Å². The third-order valence-electron chi connectivity index (χ3n) is 2.25. The molecule has 1 unspecified atom stereocenters. The molecule has 0 bridgehead atoms. The van der Waals surface area contributed by atoms with Crippen LogP contribution in [0.4, 0.5) is 0 Å². The Morgan fingerprint density at radius 2 is 2.40 bits per heavy atom. The summed E-state index contributed by atoms with van der Waals surface area (Å²) in [5, 5.41) is 20.4. The van der Waals surface area contributed by atoms with E-state index in [2.05, 4.69) is 20.3 Å². The summed E-state index contributed by atoms with van der Waals surface area (Å²) in [5.74, 6) is 0.480. The molecular formula is C9H13N5O. The Balaban J connectivity index is 2.12. The zero-order chi connectivity index (χ0) is 10.8. The zero-order valence-electron chi connectivity index (χ0n) is 8.68. The van der Waals surface area contributed by atoms with Gasteiger partial charge in [0.15, 0.2) is 5.82 Å². The number of aromatic nitrogens is 5. The highest BCUT2D eigenvalue weighted by atomic mass is 16.3. The molecule has 6 nitrogen and oxygen atoms in total. The molecule has 15 heavy (non-hydrogen) atoms. The molecule has 1 atom stereocenters. The quantitative estimate of drug-likeness (QED) is 0.749. The van der Waals surface area contributed by atoms with E-state index in [0.717, 1.165) is 11.4 Å². The van der Waals surface area contributed by atoms with Gasteiger partial charge in [-0.05, 0) is 13.0 Å². The topological polar surface area (TPSA) is 79.6 Å². The van der Waals surface area contributed by atoms with E-state index in [4.69, 9.17) is 0 Å². The first-order chi connectivity index (χ1) is 7.16. The minimum Gasteiger partial charge on any atom is -0.385 e. The Kier molecular flexibility index (Phi) is 2.51. The molecule has 0 radical (unpaired) electrons. The van der Waals surface area contributed by atoms with Gasteiger partial charge in [0.1, 0.15) is 12.4 Å². The number of aromatic amines is 1. The van der Waals surface area contributed by atoms with Gasteiger partial charge in [-0.25, -0.2) is 4.98 Å². The van der Waals surface area contributed by atoms with Gasteiger partial charge >= 0.3 is 0 Å². The molecule has 0 aliphatic heterocycles. The SMILES string of the molecule is Cc1cc(CC(O)c2ncn[nH]2)n(C)n1. The van der Waals surface area contributed by atoms with Crippen LogP contribution < -0.4 is 0 Å². The second-order valence-corrected chi connectivity index (χ2v) is 3.49. The maximum atomic E-state index is 9.82. The maximum absolute atomic E-state index is 9.82. The second kappa shape index (κ2) is 3.82. The van der Waals surface area contributed by atoms with Crippen molar-refractivity contribution in [3.8, 4) is 0 Å². The van der Waals surface area contributed by atoms with E-state index in [0.29, 0.717) is 12.2 Å². The fraction of sp³-hybridized carbons (Fsp3) is 0.444. The molecule has 6 heteroatoms. The summed E-state index contributed by atoms with van der Waals surface area (Å²) in [4.78, 5) is 3.90. The van der Waals surface area contributed by atoms with Crippen LogP contribution in [-0.4, -0.2) is 30.1 Å². The smallest absolute Gasteiger partial charge is 0.153 e. The lowest BCUT2D eigenvalue weighted by molar-refractivity contribution is 0.166. The minimum atomic E-state index is -0.665. The fourth-order valence-electron chi connectivity index (χ4n) is 1.53. The van der Waals surface area contributed by atoms with Gasteiger partial charge in [0.05, 0.1) is 5.69 Å². The summed E-state index contributed by atoms with van der Waals surface area (Å²) in [6.07, 6.45) is 1.20. The number of aryl methyl sites for hydroxylation is 2. The van der Waals surface area contributed by atoms with Crippen molar-refractivity contribution >= 4 is 0 Å². The van der Waals surface area contributed by atoms with Gasteiger partial charge in [-0.15, -0.1) is 0 Å². The maximum Gasteiger partial charge on any atom is 0.153 e. The molecule has 2 aromatic rings. The van der Waals surface area contributed by atoms with Crippen LogP contribution >= 0.6 is 0 Å². The number of aliphatic hydroxyl groups is 1. The van der Waals surface area contributed by atoms with Crippen LogP contribution in [0.3, 0.4) is 0 Å². The normalized spacial score (nSPS) is 13.0. The average molecular weight is 207 g/mol. The molecule has 2 aromatic heterocycles. The van der Waals surface area contributed by atoms with Gasteiger partial charge < -0.3 is 5.11 Å². The first-order valence-corrected chi connectivity index (χ1v) is 4.69. The molecule has 0 amide bonds. The number of nitrogens with one attached hydrogen (secondary N) is 1. The largest absolute Gasteiger partial charge is 0.385 e. The van der Waals surface area contributed by atoms with E-state index in [1.165, 1.54) is 6.33 Å². The summed E-state index contributed by atoms with van der Waals surface area (Å²) in [6, 6.07) is 1.94. The Labute approximate surface area is 87.0 Å². The van der Waals surface area contributed by atoms with Gasteiger partial charge in [0.25, 0.3) is 0 Å². The minimum absolute atomic E-state index is 0.479. The second-order valence-electron chi connectivity index (χ2n) is 3.49. The molecule has 2 rings (SSSR count). The fourth-order valence-corrected chi connectivity index (χ4v) is 1.53. The highest BCUT2D eigenvalue weighted by Crippen LogP contribution is 2.14. The van der Waals surface area contributed by atoms with Gasteiger partial charge in [-0.2, -0.15) is 10.2 Å². The summed E-state index contributed by atoms with van der Waals surface area (Å²) in [5.41, 5.74) is 1.91. The number of H-pyrrole nitrogens is 1. The van der Waals surface area contributed by atoms with Crippen LogP contribution in [0.1, 0.15) is 23.3 Å². The zero-order valence-corrected chi connectivity index (χ0v) is 8.68. The van der Waals surface area contributed by atoms with Crippen LogP contribution in [-0.2, 0) is 13.5 Å². The molecule has 0 spiro atoms. The van der Waals surface area contributed by atoms with Crippen LogP contribution in [0.5, 0.6) is 0 Å². The predicted molar refractivity (Wildman–Crippen MR) is 53.0 cm³/mol. The third-order valence-corrected chi connectivity index (χ3v) is 2.25. The first-order valence-electron chi connectivity index (χ1n) is 4.69. The lowest BCUT2D eigenvalue weighted by atomic mass is 10.2. The number of nitrogens with zero attached hydrogens (tertiary/aromatic N) is 4. The summed E-state index contributed by atoms with van der Waals surface area (Å²) >= 11 is 0. The molecule has 0 aliphatic rings. The first kappa shape index (κ1) is 9.85. The standard InChI is InChI=1S/C9H13N5O/c1-6-3-7(14(2)13-6)4-8(15)9-10-5-11-12-9/h3,5,8,15H,4H2,1-2H3,(H,10,11,12). The number of aliphatic hydroxyl groups excluding tert-OH is 1.